The average molecular weight is 388 g/mol. The summed E-state index contributed by atoms with van der Waals surface area (Å²) in [6, 6.07) is 0. The molecule has 0 amide bonds. The van der Waals surface area contributed by atoms with Crippen molar-refractivity contribution in [2.45, 2.75) is 39.5 Å². The van der Waals surface area contributed by atoms with Crippen LogP contribution in [0.25, 0.3) is 0 Å². The molecule has 25 heavy (non-hydrogen) atoms. The topological polar surface area (TPSA) is 95.5 Å². The van der Waals surface area contributed by atoms with Gasteiger partial charge < -0.3 is 10.6 Å². The van der Waals surface area contributed by atoms with Crippen molar-refractivity contribution in [2.75, 3.05) is 31.9 Å². The van der Waals surface area contributed by atoms with Crippen LogP contribution in [0.4, 0.5) is 0 Å². The average Bonchev–Trinajstić information content (AvgIpc) is 2.91. The fourth-order valence-electron chi connectivity index (χ4n) is 2.47. The molecule has 1 aliphatic rings. The third kappa shape index (κ3) is 7.70. The largest absolute Gasteiger partial charge is 0.357 e. The minimum Gasteiger partial charge on any atom is -0.357 e. The molecule has 1 saturated carbocycles. The Morgan fingerprint density at radius 1 is 1.40 bits per heavy atom. The van der Waals surface area contributed by atoms with E-state index in [9.17, 15) is 8.42 Å². The molecule has 0 aliphatic heterocycles. The van der Waals surface area contributed by atoms with Crippen LogP contribution in [0.1, 0.15) is 36.9 Å². The van der Waals surface area contributed by atoms with Gasteiger partial charge in [0.15, 0.2) is 5.96 Å². The molecular formula is C16H29N5O2S2. The van der Waals surface area contributed by atoms with Crippen LogP contribution in [0.5, 0.6) is 0 Å². The molecule has 1 heterocycles. The Hall–Kier alpha value is -1.19. The predicted molar refractivity (Wildman–Crippen MR) is 104 cm³/mol. The Morgan fingerprint density at radius 3 is 2.80 bits per heavy atom. The normalized spacial score (nSPS) is 15.8. The minimum absolute atomic E-state index is 0.0155. The lowest BCUT2D eigenvalue weighted by Crippen LogP contribution is -2.39. The molecular weight excluding hydrogens is 358 g/mol. The molecule has 2 rings (SSSR count). The minimum atomic E-state index is -3.25. The fraction of sp³-hybridized carbons (Fsp3) is 0.750. The summed E-state index contributed by atoms with van der Waals surface area (Å²) in [5.41, 5.74) is 1.06. The predicted octanol–water partition coefficient (Wildman–Crippen LogP) is 1.27. The number of nitrogens with one attached hydrogen (secondary N) is 3. The van der Waals surface area contributed by atoms with E-state index < -0.39 is 10.0 Å². The monoisotopic (exact) mass is 387 g/mol. The summed E-state index contributed by atoms with van der Waals surface area (Å²) in [7, 11) is -3.25. The molecule has 0 spiro atoms. The van der Waals surface area contributed by atoms with E-state index in [1.54, 1.807) is 11.3 Å². The van der Waals surface area contributed by atoms with Crippen molar-refractivity contribution in [1.29, 1.82) is 0 Å². The number of guanidine groups is 1. The second-order valence-corrected chi connectivity index (χ2v) is 9.25. The summed E-state index contributed by atoms with van der Waals surface area (Å²) in [5.74, 6) is 1.18. The zero-order chi connectivity index (χ0) is 18.1. The van der Waals surface area contributed by atoms with E-state index in [1.807, 2.05) is 13.8 Å². The summed E-state index contributed by atoms with van der Waals surface area (Å²) in [6.07, 6.45) is 4.30. The van der Waals surface area contributed by atoms with Crippen LogP contribution in [0.2, 0.25) is 0 Å². The van der Waals surface area contributed by atoms with E-state index >= 15 is 0 Å². The maximum Gasteiger partial charge on any atom is 0.213 e. The Morgan fingerprint density at radius 2 is 2.20 bits per heavy atom. The molecule has 9 heteroatoms. The first-order chi connectivity index (χ1) is 12.0. The molecule has 0 bridgehead atoms. The van der Waals surface area contributed by atoms with Crippen LogP contribution >= 0.6 is 11.3 Å². The molecule has 1 fully saturated rings. The summed E-state index contributed by atoms with van der Waals surface area (Å²) in [6.45, 7) is 6.23. The third-order valence-corrected chi connectivity index (χ3v) is 6.28. The first-order valence-corrected chi connectivity index (χ1v) is 11.4. The van der Waals surface area contributed by atoms with Crippen LogP contribution in [0, 0.1) is 12.8 Å². The van der Waals surface area contributed by atoms with Gasteiger partial charge in [-0.15, -0.1) is 11.3 Å². The highest BCUT2D eigenvalue weighted by Gasteiger charge is 2.19. The number of sulfonamides is 1. The van der Waals surface area contributed by atoms with Crippen molar-refractivity contribution < 1.29 is 8.42 Å². The van der Waals surface area contributed by atoms with Crippen molar-refractivity contribution in [2.24, 2.45) is 10.9 Å². The molecule has 0 unspecified atom stereocenters. The van der Waals surface area contributed by atoms with Crippen LogP contribution in [0.3, 0.4) is 0 Å². The molecule has 0 radical (unpaired) electrons. The Labute approximate surface area is 154 Å². The van der Waals surface area contributed by atoms with Gasteiger partial charge in [-0.1, -0.05) is 6.42 Å². The van der Waals surface area contributed by atoms with E-state index in [0.29, 0.717) is 25.0 Å². The van der Waals surface area contributed by atoms with Crippen molar-refractivity contribution in [3.63, 3.8) is 0 Å². The van der Waals surface area contributed by atoms with Crippen LogP contribution < -0.4 is 15.4 Å². The number of nitrogens with zero attached hydrogens (tertiary/aromatic N) is 2. The summed E-state index contributed by atoms with van der Waals surface area (Å²) in [4.78, 5) is 8.78. The van der Waals surface area contributed by atoms with Gasteiger partial charge in [-0.05, 0) is 32.6 Å². The van der Waals surface area contributed by atoms with Gasteiger partial charge in [0, 0.05) is 31.4 Å². The van der Waals surface area contributed by atoms with Gasteiger partial charge in [0.25, 0.3) is 0 Å². The lowest BCUT2D eigenvalue weighted by atomic mass is 9.86. The summed E-state index contributed by atoms with van der Waals surface area (Å²) >= 11 is 1.64. The van der Waals surface area contributed by atoms with Gasteiger partial charge >= 0.3 is 0 Å². The van der Waals surface area contributed by atoms with Crippen LogP contribution in [0.15, 0.2) is 10.4 Å². The van der Waals surface area contributed by atoms with Gasteiger partial charge in [-0.25, -0.2) is 18.1 Å². The molecule has 7 nitrogen and oxygen atoms in total. The van der Waals surface area contributed by atoms with Gasteiger partial charge in [-0.2, -0.15) is 0 Å². The molecule has 1 aliphatic carbocycles. The highest BCUT2D eigenvalue weighted by molar-refractivity contribution is 7.89. The number of aliphatic imine (C=N–C) groups is 1. The maximum atomic E-state index is 12.0. The molecule has 0 atom stereocenters. The molecule has 1 aromatic heterocycles. The number of hydrogen-bond donors (Lipinski definition) is 3. The van der Waals surface area contributed by atoms with Crippen LogP contribution in [-0.2, 0) is 16.4 Å². The van der Waals surface area contributed by atoms with Gasteiger partial charge in [0.2, 0.25) is 10.0 Å². The number of rotatable bonds is 10. The first kappa shape index (κ1) is 20.1. The maximum absolute atomic E-state index is 12.0. The number of hydrogen-bond acceptors (Lipinski definition) is 5. The lowest BCUT2D eigenvalue weighted by Gasteiger charge is -2.25. The Bertz CT molecular complexity index is 653. The van der Waals surface area contributed by atoms with E-state index in [0.717, 1.165) is 36.5 Å². The quantitative estimate of drug-likeness (QED) is 0.415. The molecule has 142 valence electrons. The van der Waals surface area contributed by atoms with Gasteiger partial charge in [-0.3, -0.25) is 4.99 Å². The molecule has 0 saturated heterocycles. The van der Waals surface area contributed by atoms with Gasteiger partial charge in [0.05, 0.1) is 23.0 Å². The van der Waals surface area contributed by atoms with Crippen molar-refractivity contribution in [3.05, 3.63) is 16.1 Å². The van der Waals surface area contributed by atoms with E-state index in [-0.39, 0.29) is 12.3 Å². The highest BCUT2D eigenvalue weighted by Crippen LogP contribution is 2.25. The number of thiazole rings is 1. The SMILES string of the molecule is CCNC(=NCCS(=O)(=O)NCC1CCC1)NCCc1csc(C)n1. The van der Waals surface area contributed by atoms with E-state index in [1.165, 1.54) is 6.42 Å². The lowest BCUT2D eigenvalue weighted by molar-refractivity contribution is 0.316. The summed E-state index contributed by atoms with van der Waals surface area (Å²) in [5, 5.41) is 9.48. The Kier molecular flexibility index (Phi) is 8.11. The second kappa shape index (κ2) is 10.1. The van der Waals surface area contributed by atoms with Gasteiger partial charge in [0.1, 0.15) is 0 Å². The first-order valence-electron chi connectivity index (χ1n) is 8.89. The third-order valence-electron chi connectivity index (χ3n) is 4.13. The molecule has 0 aromatic carbocycles. The zero-order valence-corrected chi connectivity index (χ0v) is 16.7. The molecule has 3 N–H and O–H groups in total. The summed E-state index contributed by atoms with van der Waals surface area (Å²) < 4.78 is 26.7. The van der Waals surface area contributed by atoms with E-state index in [4.69, 9.17) is 0 Å². The fourth-order valence-corrected chi connectivity index (χ4v) is 4.08. The van der Waals surface area contributed by atoms with Crippen LogP contribution in [-0.4, -0.2) is 51.3 Å². The zero-order valence-electron chi connectivity index (χ0n) is 15.0. The van der Waals surface area contributed by atoms with E-state index in [2.05, 4.69) is 30.7 Å². The Balaban J connectivity index is 1.71. The molecule has 1 aromatic rings. The number of aromatic nitrogens is 1. The smallest absolute Gasteiger partial charge is 0.213 e. The highest BCUT2D eigenvalue weighted by atomic mass is 32.2. The van der Waals surface area contributed by atoms with Crippen molar-refractivity contribution in [3.8, 4) is 0 Å². The second-order valence-electron chi connectivity index (χ2n) is 6.26. The van der Waals surface area contributed by atoms with Crippen molar-refractivity contribution in [1.82, 2.24) is 20.3 Å². The van der Waals surface area contributed by atoms with Crippen molar-refractivity contribution >= 4 is 27.3 Å². The standard InChI is InChI=1S/C16H29N5O2S2/c1-3-17-16(18-8-7-15-12-24-13(2)21-15)19-9-10-25(22,23)20-11-14-5-4-6-14/h12,14,20H,3-11H2,1-2H3,(H2,17,18,19). The number of aryl methyl sites for hydroxylation is 1.